The summed E-state index contributed by atoms with van der Waals surface area (Å²) in [6, 6.07) is 4.89. The number of amides is 1. The number of nitrogens with one attached hydrogen (secondary N) is 1. The van der Waals surface area contributed by atoms with Gasteiger partial charge in [0.15, 0.2) is 5.78 Å². The molecule has 0 spiro atoms. The molecule has 0 radical (unpaired) electrons. The van der Waals surface area contributed by atoms with Gasteiger partial charge in [-0.25, -0.2) is 5.43 Å². The predicted octanol–water partition coefficient (Wildman–Crippen LogP) is 1.22. The van der Waals surface area contributed by atoms with Crippen molar-refractivity contribution in [2.75, 3.05) is 0 Å². The Kier molecular flexibility index (Phi) is 4.74. The summed E-state index contributed by atoms with van der Waals surface area (Å²) in [5.74, 6) is -0.991. The van der Waals surface area contributed by atoms with Crippen molar-refractivity contribution in [3.05, 3.63) is 41.4 Å². The first-order valence-corrected chi connectivity index (χ1v) is 5.17. The number of carbonyl (C=O) groups excluding carboxylic acids is 2. The fourth-order valence-corrected chi connectivity index (χ4v) is 1.15. The second-order valence-corrected chi connectivity index (χ2v) is 3.47. The summed E-state index contributed by atoms with van der Waals surface area (Å²) in [5, 5.41) is 12.8. The lowest BCUT2D eigenvalue weighted by atomic mass is 10.2. The number of Topliss-reactive ketones (excluding diaryl/α,β-unsaturated/α-hetero) is 1. The maximum Gasteiger partial charge on any atom is 0.289 e. The van der Waals surface area contributed by atoms with E-state index in [-0.39, 0.29) is 22.8 Å². The second-order valence-electron chi connectivity index (χ2n) is 3.47. The van der Waals surface area contributed by atoms with E-state index in [1.54, 1.807) is 12.1 Å². The lowest BCUT2D eigenvalue weighted by Crippen LogP contribution is -2.19. The monoisotopic (exact) mass is 247 g/mol. The average molecular weight is 247 g/mol. The zero-order chi connectivity index (χ0) is 13.5. The molecule has 94 valence electrons. The second kappa shape index (κ2) is 6.29. The summed E-state index contributed by atoms with van der Waals surface area (Å²) < 4.78 is 0. The number of pyridine rings is 1. The zero-order valence-electron chi connectivity index (χ0n) is 10.0. The molecule has 1 heterocycles. The molecule has 1 aromatic heterocycles. The van der Waals surface area contributed by atoms with Crippen molar-refractivity contribution in [2.45, 2.75) is 13.8 Å². The Balaban J connectivity index is 2.69. The maximum absolute atomic E-state index is 11.5. The number of aliphatic hydroxyl groups excluding tert-OH is 1. The molecule has 2 N–H and O–H groups in total. The van der Waals surface area contributed by atoms with E-state index >= 15 is 0 Å². The van der Waals surface area contributed by atoms with Gasteiger partial charge in [-0.15, -0.1) is 0 Å². The number of nitrogens with zero attached hydrogens (tertiary/aromatic N) is 2. The zero-order valence-corrected chi connectivity index (χ0v) is 10.0. The summed E-state index contributed by atoms with van der Waals surface area (Å²) >= 11 is 0. The first-order valence-electron chi connectivity index (χ1n) is 5.17. The third-order valence-corrected chi connectivity index (χ3v) is 2.03. The van der Waals surface area contributed by atoms with E-state index in [0.29, 0.717) is 0 Å². The van der Waals surface area contributed by atoms with Crippen molar-refractivity contribution < 1.29 is 14.7 Å². The van der Waals surface area contributed by atoms with Gasteiger partial charge in [0.2, 0.25) is 0 Å². The van der Waals surface area contributed by atoms with Crippen molar-refractivity contribution >= 4 is 17.9 Å². The Hall–Kier alpha value is -2.50. The molecule has 0 aliphatic heterocycles. The van der Waals surface area contributed by atoms with Crippen molar-refractivity contribution in [1.29, 1.82) is 0 Å². The van der Waals surface area contributed by atoms with Crippen LogP contribution in [-0.4, -0.2) is 28.0 Å². The van der Waals surface area contributed by atoms with Gasteiger partial charge >= 0.3 is 0 Å². The minimum Gasteiger partial charge on any atom is -0.512 e. The van der Waals surface area contributed by atoms with E-state index in [1.807, 2.05) is 0 Å². The van der Waals surface area contributed by atoms with Crippen LogP contribution in [0.4, 0.5) is 0 Å². The molecule has 0 saturated carbocycles. The van der Waals surface area contributed by atoms with Gasteiger partial charge in [0, 0.05) is 6.20 Å². The molecular weight excluding hydrogens is 234 g/mol. The molecule has 1 amide bonds. The number of carbonyl (C=O) groups is 2. The topological polar surface area (TPSA) is 91.7 Å². The minimum atomic E-state index is -0.495. The van der Waals surface area contributed by atoms with E-state index in [1.165, 1.54) is 26.1 Å². The van der Waals surface area contributed by atoms with Crippen LogP contribution < -0.4 is 5.43 Å². The smallest absolute Gasteiger partial charge is 0.289 e. The third-order valence-electron chi connectivity index (χ3n) is 2.03. The average Bonchev–Trinajstić information content (AvgIpc) is 2.34. The first kappa shape index (κ1) is 13.6. The summed E-state index contributed by atoms with van der Waals surface area (Å²) in [7, 11) is 0. The van der Waals surface area contributed by atoms with Crippen LogP contribution in [-0.2, 0) is 4.79 Å². The van der Waals surface area contributed by atoms with Crippen LogP contribution in [0.2, 0.25) is 0 Å². The maximum atomic E-state index is 11.5. The Morgan fingerprint density at radius 2 is 2.11 bits per heavy atom. The Morgan fingerprint density at radius 3 is 2.61 bits per heavy atom. The van der Waals surface area contributed by atoms with E-state index in [9.17, 15) is 14.7 Å². The van der Waals surface area contributed by atoms with Crippen LogP contribution in [0.1, 0.15) is 24.3 Å². The van der Waals surface area contributed by atoms with E-state index < -0.39 is 5.91 Å². The fraction of sp³-hybridized carbons (Fsp3) is 0.167. The van der Waals surface area contributed by atoms with E-state index in [2.05, 4.69) is 15.5 Å². The van der Waals surface area contributed by atoms with Gasteiger partial charge in [0.05, 0.1) is 11.8 Å². The van der Waals surface area contributed by atoms with Gasteiger partial charge in [-0.05, 0) is 26.0 Å². The number of hydrogen-bond donors (Lipinski definition) is 2. The van der Waals surface area contributed by atoms with Gasteiger partial charge in [-0.3, -0.25) is 14.6 Å². The highest BCUT2D eigenvalue weighted by Crippen LogP contribution is 1.99. The number of ketones is 1. The number of rotatable bonds is 4. The lowest BCUT2D eigenvalue weighted by molar-refractivity contribution is -0.113. The number of hydrogen-bond acceptors (Lipinski definition) is 5. The third kappa shape index (κ3) is 3.82. The first-order chi connectivity index (χ1) is 8.52. The molecule has 0 unspecified atom stereocenters. The van der Waals surface area contributed by atoms with Crippen molar-refractivity contribution in [3.63, 3.8) is 0 Å². The molecule has 0 fully saturated rings. The minimum absolute atomic E-state index is 0.0383. The molecule has 6 heteroatoms. The SMILES string of the molecule is CC(=O)C(/C=N/NC(=O)c1ccccn1)=C(/C)O. The van der Waals surface area contributed by atoms with Crippen LogP contribution in [0, 0.1) is 0 Å². The normalized spacial score (nSPS) is 12.1. The molecule has 0 aliphatic carbocycles. The summed E-state index contributed by atoms with van der Waals surface area (Å²) in [4.78, 5) is 26.4. The highest BCUT2D eigenvalue weighted by atomic mass is 16.3. The number of allylic oxidation sites excluding steroid dienone is 2. The Labute approximate surface area is 104 Å². The quantitative estimate of drug-likeness (QED) is 0.362. The molecule has 0 saturated heterocycles. The predicted molar refractivity (Wildman–Crippen MR) is 66.2 cm³/mol. The van der Waals surface area contributed by atoms with Crippen LogP contribution >= 0.6 is 0 Å². The van der Waals surface area contributed by atoms with Gasteiger partial charge in [-0.1, -0.05) is 6.07 Å². The molecule has 0 aliphatic rings. The van der Waals surface area contributed by atoms with Crippen LogP contribution in [0.15, 0.2) is 40.8 Å². The van der Waals surface area contributed by atoms with E-state index in [4.69, 9.17) is 0 Å². The molecule has 1 rings (SSSR count). The molecule has 0 aromatic carbocycles. The van der Waals surface area contributed by atoms with Crippen LogP contribution in [0.3, 0.4) is 0 Å². The molecular formula is C12H13N3O3. The molecule has 18 heavy (non-hydrogen) atoms. The summed E-state index contributed by atoms with van der Waals surface area (Å²) in [5.41, 5.74) is 2.46. The van der Waals surface area contributed by atoms with Gasteiger partial charge in [0.25, 0.3) is 5.91 Å². The highest BCUT2D eigenvalue weighted by molar-refractivity contribution is 6.12. The van der Waals surface area contributed by atoms with Crippen LogP contribution in [0.25, 0.3) is 0 Å². The summed E-state index contributed by atoms with van der Waals surface area (Å²) in [6.07, 6.45) is 2.58. The van der Waals surface area contributed by atoms with Crippen molar-refractivity contribution in [2.24, 2.45) is 5.10 Å². The van der Waals surface area contributed by atoms with Crippen LogP contribution in [0.5, 0.6) is 0 Å². The van der Waals surface area contributed by atoms with Crippen molar-refractivity contribution in [1.82, 2.24) is 10.4 Å². The largest absolute Gasteiger partial charge is 0.512 e. The van der Waals surface area contributed by atoms with Crippen molar-refractivity contribution in [3.8, 4) is 0 Å². The molecule has 0 bridgehead atoms. The fourth-order valence-electron chi connectivity index (χ4n) is 1.15. The molecule has 6 nitrogen and oxygen atoms in total. The lowest BCUT2D eigenvalue weighted by Gasteiger charge is -1.99. The number of aliphatic hydroxyl groups is 1. The van der Waals surface area contributed by atoms with Gasteiger partial charge in [-0.2, -0.15) is 5.10 Å². The van der Waals surface area contributed by atoms with E-state index in [0.717, 1.165) is 6.21 Å². The van der Waals surface area contributed by atoms with Gasteiger partial charge < -0.3 is 5.11 Å². The Bertz CT molecular complexity index is 503. The molecule has 0 atom stereocenters. The number of aromatic nitrogens is 1. The summed E-state index contributed by atoms with van der Waals surface area (Å²) in [6.45, 7) is 2.66. The van der Waals surface area contributed by atoms with Gasteiger partial charge in [0.1, 0.15) is 11.5 Å². The Morgan fingerprint density at radius 1 is 1.39 bits per heavy atom. The molecule has 1 aromatic rings. The standard InChI is InChI=1S/C12H13N3O3/c1-8(16)10(9(2)17)7-14-15-12(18)11-5-3-4-6-13-11/h3-7,16H,1-2H3,(H,15,18)/b10-8-,14-7+. The highest BCUT2D eigenvalue weighted by Gasteiger charge is 2.06. The number of hydrazone groups is 1.